The van der Waals surface area contributed by atoms with Crippen molar-refractivity contribution in [3.8, 4) is 0 Å². The third-order valence-electron chi connectivity index (χ3n) is 4.78. The molecule has 1 aliphatic heterocycles. The number of rotatable bonds is 3. The van der Waals surface area contributed by atoms with Crippen LogP contribution in [0.15, 0.2) is 6.07 Å². The molecule has 2 aliphatic rings. The fourth-order valence-corrected chi connectivity index (χ4v) is 3.68. The second-order valence-corrected chi connectivity index (χ2v) is 6.60. The summed E-state index contributed by atoms with van der Waals surface area (Å²) in [5.74, 6) is 1.84. The first-order valence-electron chi connectivity index (χ1n) is 8.53. The van der Waals surface area contributed by atoms with E-state index < -0.39 is 0 Å². The van der Waals surface area contributed by atoms with Gasteiger partial charge in [0.25, 0.3) is 0 Å². The lowest BCUT2D eigenvalue weighted by Gasteiger charge is -2.25. The normalized spacial score (nSPS) is 22.8. The van der Waals surface area contributed by atoms with Crippen molar-refractivity contribution in [3.63, 3.8) is 0 Å². The van der Waals surface area contributed by atoms with Crippen LogP contribution in [-0.2, 0) is 4.79 Å². The van der Waals surface area contributed by atoms with Crippen LogP contribution in [0.25, 0.3) is 0 Å². The number of anilines is 1. The van der Waals surface area contributed by atoms with Gasteiger partial charge in [-0.25, -0.2) is 9.97 Å². The van der Waals surface area contributed by atoms with Gasteiger partial charge in [0.15, 0.2) is 5.82 Å². The highest BCUT2D eigenvalue weighted by Gasteiger charge is 2.30. The first-order chi connectivity index (χ1) is 10.6. The Morgan fingerprint density at radius 2 is 1.95 bits per heavy atom. The van der Waals surface area contributed by atoms with Gasteiger partial charge in [-0.15, -0.1) is 0 Å². The standard InChI is InChI=1S/C17H26N4O/c1-12-11-16(19-14-7-4-3-5-8-14)20-17(18-12)15-9-6-10-21(15)13(2)22/h11,14-15H,3-10H2,1-2H3,(H,18,19,20)/t15-/m1/s1. The molecule has 1 N–H and O–H groups in total. The van der Waals surface area contributed by atoms with Gasteiger partial charge in [-0.3, -0.25) is 4.79 Å². The van der Waals surface area contributed by atoms with E-state index >= 15 is 0 Å². The Morgan fingerprint density at radius 1 is 1.18 bits per heavy atom. The van der Waals surface area contributed by atoms with Crippen LogP contribution in [0.2, 0.25) is 0 Å². The number of nitrogens with one attached hydrogen (secondary N) is 1. The van der Waals surface area contributed by atoms with E-state index in [1.54, 1.807) is 6.92 Å². The zero-order chi connectivity index (χ0) is 15.5. The van der Waals surface area contributed by atoms with E-state index in [4.69, 9.17) is 4.98 Å². The number of aromatic nitrogens is 2. The Morgan fingerprint density at radius 3 is 2.68 bits per heavy atom. The molecular weight excluding hydrogens is 276 g/mol. The highest BCUT2D eigenvalue weighted by atomic mass is 16.2. The van der Waals surface area contributed by atoms with Gasteiger partial charge in [0.2, 0.25) is 5.91 Å². The number of likely N-dealkylation sites (tertiary alicyclic amines) is 1. The molecule has 22 heavy (non-hydrogen) atoms. The van der Waals surface area contributed by atoms with Gasteiger partial charge in [0, 0.05) is 31.3 Å². The molecule has 0 spiro atoms. The summed E-state index contributed by atoms with van der Waals surface area (Å²) in [4.78, 5) is 23.0. The van der Waals surface area contributed by atoms with E-state index in [9.17, 15) is 4.79 Å². The molecular formula is C17H26N4O. The third-order valence-corrected chi connectivity index (χ3v) is 4.78. The van der Waals surface area contributed by atoms with Crippen molar-refractivity contribution in [1.82, 2.24) is 14.9 Å². The molecule has 1 aliphatic carbocycles. The summed E-state index contributed by atoms with van der Waals surface area (Å²) in [6.07, 6.45) is 8.40. The molecule has 3 rings (SSSR count). The molecule has 5 heteroatoms. The number of carbonyl (C=O) groups is 1. The molecule has 1 atom stereocenters. The fourth-order valence-electron chi connectivity index (χ4n) is 3.68. The van der Waals surface area contributed by atoms with E-state index in [0.717, 1.165) is 36.7 Å². The quantitative estimate of drug-likeness (QED) is 0.931. The van der Waals surface area contributed by atoms with Crippen molar-refractivity contribution in [1.29, 1.82) is 0 Å². The van der Waals surface area contributed by atoms with Gasteiger partial charge < -0.3 is 10.2 Å². The van der Waals surface area contributed by atoms with Gasteiger partial charge >= 0.3 is 0 Å². The number of aryl methyl sites for hydroxylation is 1. The number of carbonyl (C=O) groups excluding carboxylic acids is 1. The summed E-state index contributed by atoms with van der Waals surface area (Å²) in [6.45, 7) is 4.46. The first-order valence-corrected chi connectivity index (χ1v) is 8.53. The van der Waals surface area contributed by atoms with Crippen molar-refractivity contribution in [2.24, 2.45) is 0 Å². The first kappa shape index (κ1) is 15.3. The lowest BCUT2D eigenvalue weighted by Crippen LogP contribution is -2.30. The van der Waals surface area contributed by atoms with E-state index in [1.165, 1.54) is 32.1 Å². The topological polar surface area (TPSA) is 58.1 Å². The molecule has 0 bridgehead atoms. The Bertz CT molecular complexity index is 539. The molecule has 1 amide bonds. The van der Waals surface area contributed by atoms with E-state index in [0.29, 0.717) is 6.04 Å². The van der Waals surface area contributed by atoms with Crippen LogP contribution in [0.5, 0.6) is 0 Å². The lowest BCUT2D eigenvalue weighted by atomic mass is 9.95. The van der Waals surface area contributed by atoms with E-state index in [-0.39, 0.29) is 11.9 Å². The minimum absolute atomic E-state index is 0.0457. The molecule has 1 saturated heterocycles. The highest BCUT2D eigenvalue weighted by molar-refractivity contribution is 5.74. The Balaban J connectivity index is 1.78. The summed E-state index contributed by atoms with van der Waals surface area (Å²) in [6, 6.07) is 2.60. The van der Waals surface area contributed by atoms with Gasteiger partial charge in [-0.1, -0.05) is 19.3 Å². The van der Waals surface area contributed by atoms with Crippen LogP contribution >= 0.6 is 0 Å². The zero-order valence-corrected chi connectivity index (χ0v) is 13.6. The maximum atomic E-state index is 11.8. The summed E-state index contributed by atoms with van der Waals surface area (Å²) in [5, 5.41) is 3.58. The van der Waals surface area contributed by atoms with Crippen molar-refractivity contribution >= 4 is 11.7 Å². The van der Waals surface area contributed by atoms with Crippen LogP contribution in [0.1, 0.15) is 69.4 Å². The number of hydrogen-bond donors (Lipinski definition) is 1. The van der Waals surface area contributed by atoms with Gasteiger partial charge in [0.1, 0.15) is 5.82 Å². The van der Waals surface area contributed by atoms with Crippen LogP contribution < -0.4 is 5.32 Å². The monoisotopic (exact) mass is 302 g/mol. The van der Waals surface area contributed by atoms with E-state index in [1.807, 2.05) is 17.9 Å². The Hall–Kier alpha value is -1.65. The van der Waals surface area contributed by atoms with Crippen LogP contribution in [0.4, 0.5) is 5.82 Å². The molecule has 2 fully saturated rings. The lowest BCUT2D eigenvalue weighted by molar-refractivity contribution is -0.129. The second-order valence-electron chi connectivity index (χ2n) is 6.60. The average Bonchev–Trinajstić information content (AvgIpc) is 2.97. The molecule has 0 unspecified atom stereocenters. The maximum Gasteiger partial charge on any atom is 0.220 e. The zero-order valence-electron chi connectivity index (χ0n) is 13.6. The fraction of sp³-hybridized carbons (Fsp3) is 0.706. The summed E-state index contributed by atoms with van der Waals surface area (Å²) in [5.41, 5.74) is 0.971. The second kappa shape index (κ2) is 6.63. The van der Waals surface area contributed by atoms with Crippen molar-refractivity contribution in [2.45, 2.75) is 70.9 Å². The summed E-state index contributed by atoms with van der Waals surface area (Å²) in [7, 11) is 0. The Kier molecular flexibility index (Phi) is 4.60. The number of hydrogen-bond acceptors (Lipinski definition) is 4. The SMILES string of the molecule is CC(=O)N1CCC[C@@H]1c1nc(C)cc(NC2CCCCC2)n1. The smallest absolute Gasteiger partial charge is 0.220 e. The van der Waals surface area contributed by atoms with Crippen molar-refractivity contribution in [3.05, 3.63) is 17.6 Å². The largest absolute Gasteiger partial charge is 0.367 e. The number of nitrogens with zero attached hydrogens (tertiary/aromatic N) is 3. The highest BCUT2D eigenvalue weighted by Crippen LogP contribution is 2.31. The Labute approximate surface area is 132 Å². The molecule has 1 aromatic rings. The summed E-state index contributed by atoms with van der Waals surface area (Å²) >= 11 is 0. The van der Waals surface area contributed by atoms with Gasteiger partial charge in [0.05, 0.1) is 6.04 Å². The van der Waals surface area contributed by atoms with Crippen LogP contribution in [-0.4, -0.2) is 33.4 Å². The molecule has 0 aromatic carbocycles. The summed E-state index contributed by atoms with van der Waals surface area (Å²) < 4.78 is 0. The molecule has 120 valence electrons. The third kappa shape index (κ3) is 3.39. The maximum absolute atomic E-state index is 11.8. The number of amides is 1. The van der Waals surface area contributed by atoms with Crippen molar-refractivity contribution < 1.29 is 4.79 Å². The van der Waals surface area contributed by atoms with Gasteiger partial charge in [-0.2, -0.15) is 0 Å². The molecule has 5 nitrogen and oxygen atoms in total. The predicted octanol–water partition coefficient (Wildman–Crippen LogP) is 3.21. The predicted molar refractivity (Wildman–Crippen MR) is 86.6 cm³/mol. The molecule has 0 radical (unpaired) electrons. The van der Waals surface area contributed by atoms with E-state index in [2.05, 4.69) is 10.3 Å². The molecule has 2 heterocycles. The van der Waals surface area contributed by atoms with Crippen molar-refractivity contribution in [2.75, 3.05) is 11.9 Å². The van der Waals surface area contributed by atoms with Crippen LogP contribution in [0.3, 0.4) is 0 Å². The minimum atomic E-state index is 0.0457. The molecule has 1 aromatic heterocycles. The molecule has 1 saturated carbocycles. The van der Waals surface area contributed by atoms with Crippen LogP contribution in [0, 0.1) is 6.92 Å². The minimum Gasteiger partial charge on any atom is -0.367 e. The van der Waals surface area contributed by atoms with Gasteiger partial charge in [-0.05, 0) is 32.6 Å². The average molecular weight is 302 g/mol.